The molecule has 0 spiro atoms. The number of methoxy groups -OCH3 is 2. The normalized spacial score (nSPS) is 14.7. The van der Waals surface area contributed by atoms with Gasteiger partial charge in [0.2, 0.25) is 5.91 Å². The maximum Gasteiger partial charge on any atom is 0.266 e. The number of ether oxygens (including phenoxy) is 2. The predicted molar refractivity (Wildman–Crippen MR) is 123 cm³/mol. The lowest BCUT2D eigenvalue weighted by Gasteiger charge is -2.35. The molecule has 1 aromatic heterocycles. The van der Waals surface area contributed by atoms with Crippen molar-refractivity contribution in [1.82, 2.24) is 14.5 Å². The summed E-state index contributed by atoms with van der Waals surface area (Å²) in [6.07, 6.45) is 2.89. The Morgan fingerprint density at radius 1 is 1.16 bits per heavy atom. The monoisotopic (exact) mass is 435 g/mol. The second-order valence-electron chi connectivity index (χ2n) is 8.15. The minimum absolute atomic E-state index is 0.0379. The smallest absolute Gasteiger partial charge is 0.266 e. The van der Waals surface area contributed by atoms with Crippen LogP contribution in [0.15, 0.2) is 53.3 Å². The van der Waals surface area contributed by atoms with Crippen LogP contribution in [0.3, 0.4) is 0 Å². The number of para-hydroxylation sites is 1. The summed E-state index contributed by atoms with van der Waals surface area (Å²) in [4.78, 5) is 33.5. The largest absolute Gasteiger partial charge is 0.497 e. The number of amides is 1. The third kappa shape index (κ3) is 4.12. The molecule has 1 amide bonds. The van der Waals surface area contributed by atoms with Crippen LogP contribution in [-0.2, 0) is 9.53 Å². The van der Waals surface area contributed by atoms with Crippen LogP contribution in [0.25, 0.3) is 16.6 Å². The number of aromatic nitrogens is 2. The van der Waals surface area contributed by atoms with E-state index in [4.69, 9.17) is 14.5 Å². The lowest BCUT2D eigenvalue weighted by Crippen LogP contribution is -2.43. The molecule has 1 unspecified atom stereocenters. The Hall–Kier alpha value is -3.19. The molecular formula is C25H29N3O4. The van der Waals surface area contributed by atoms with Gasteiger partial charge in [-0.05, 0) is 56.2 Å². The topological polar surface area (TPSA) is 73.7 Å². The van der Waals surface area contributed by atoms with Crippen LogP contribution in [0.1, 0.15) is 38.1 Å². The van der Waals surface area contributed by atoms with Crippen LogP contribution in [0.4, 0.5) is 0 Å². The summed E-state index contributed by atoms with van der Waals surface area (Å²) in [6.45, 7) is 2.80. The maximum absolute atomic E-state index is 13.6. The van der Waals surface area contributed by atoms with Gasteiger partial charge in [-0.15, -0.1) is 0 Å². The molecule has 0 radical (unpaired) electrons. The van der Waals surface area contributed by atoms with Gasteiger partial charge in [0.15, 0.2) is 0 Å². The fourth-order valence-electron chi connectivity index (χ4n) is 4.12. The molecule has 0 saturated heterocycles. The summed E-state index contributed by atoms with van der Waals surface area (Å²) in [5.41, 5.74) is 1.14. The fraction of sp³-hybridized carbons (Fsp3) is 0.400. The number of hydrogen-bond acceptors (Lipinski definition) is 5. The molecule has 7 heteroatoms. The number of nitrogens with zero attached hydrogens (tertiary/aromatic N) is 3. The first-order chi connectivity index (χ1) is 15.5. The van der Waals surface area contributed by atoms with Crippen LogP contribution in [0.2, 0.25) is 0 Å². The van der Waals surface area contributed by atoms with Gasteiger partial charge in [0.1, 0.15) is 11.6 Å². The molecule has 1 heterocycles. The standard InChI is InChI=1S/C25H29N3O4/c1-17(27(15-16-31-2)24(29)18-7-6-8-18)23-26-22-10-5-4-9-21(22)25(30)28(23)19-11-13-20(32-3)14-12-19/h4-5,9-14,17-18H,6-8,15-16H2,1-3H3. The summed E-state index contributed by atoms with van der Waals surface area (Å²) in [7, 11) is 3.23. The van der Waals surface area contributed by atoms with Crippen LogP contribution in [-0.4, -0.2) is 47.7 Å². The molecular weight excluding hydrogens is 406 g/mol. The number of carbonyl (C=O) groups is 1. The van der Waals surface area contributed by atoms with E-state index < -0.39 is 6.04 Å². The Kier molecular flexibility index (Phi) is 6.55. The van der Waals surface area contributed by atoms with Gasteiger partial charge in [-0.2, -0.15) is 0 Å². The molecule has 0 N–H and O–H groups in total. The van der Waals surface area contributed by atoms with Gasteiger partial charge in [0, 0.05) is 19.6 Å². The molecule has 2 aromatic carbocycles. The highest BCUT2D eigenvalue weighted by Gasteiger charge is 2.34. The number of hydrogen-bond donors (Lipinski definition) is 0. The summed E-state index contributed by atoms with van der Waals surface area (Å²) in [5, 5.41) is 0.535. The molecule has 7 nitrogen and oxygen atoms in total. The second-order valence-corrected chi connectivity index (χ2v) is 8.15. The highest BCUT2D eigenvalue weighted by atomic mass is 16.5. The average molecular weight is 436 g/mol. The molecule has 1 saturated carbocycles. The molecule has 1 atom stereocenters. The number of carbonyl (C=O) groups excluding carboxylic acids is 1. The van der Waals surface area contributed by atoms with Gasteiger partial charge >= 0.3 is 0 Å². The van der Waals surface area contributed by atoms with Crippen molar-refractivity contribution in [3.05, 3.63) is 64.7 Å². The van der Waals surface area contributed by atoms with Gasteiger partial charge in [-0.25, -0.2) is 4.98 Å². The van der Waals surface area contributed by atoms with E-state index in [1.807, 2.05) is 54.3 Å². The summed E-state index contributed by atoms with van der Waals surface area (Å²) < 4.78 is 12.2. The van der Waals surface area contributed by atoms with Crippen LogP contribution < -0.4 is 10.3 Å². The zero-order valence-electron chi connectivity index (χ0n) is 18.8. The van der Waals surface area contributed by atoms with E-state index in [0.717, 1.165) is 19.3 Å². The van der Waals surface area contributed by atoms with Crippen molar-refractivity contribution in [3.63, 3.8) is 0 Å². The molecule has 1 aliphatic carbocycles. The molecule has 168 valence electrons. The fourth-order valence-corrected chi connectivity index (χ4v) is 4.12. The molecule has 32 heavy (non-hydrogen) atoms. The van der Waals surface area contributed by atoms with E-state index >= 15 is 0 Å². The van der Waals surface area contributed by atoms with Crippen molar-refractivity contribution in [1.29, 1.82) is 0 Å². The Labute approximate surface area is 187 Å². The Bertz CT molecular complexity index is 1150. The molecule has 0 bridgehead atoms. The zero-order valence-corrected chi connectivity index (χ0v) is 18.8. The summed E-state index contributed by atoms with van der Waals surface area (Å²) >= 11 is 0. The third-order valence-corrected chi connectivity index (χ3v) is 6.25. The Morgan fingerprint density at radius 2 is 1.88 bits per heavy atom. The molecule has 1 aliphatic rings. The van der Waals surface area contributed by atoms with Crippen LogP contribution in [0.5, 0.6) is 5.75 Å². The van der Waals surface area contributed by atoms with Crippen molar-refractivity contribution in [2.45, 2.75) is 32.2 Å². The minimum Gasteiger partial charge on any atom is -0.497 e. The van der Waals surface area contributed by atoms with E-state index in [0.29, 0.717) is 41.3 Å². The number of rotatable bonds is 8. The number of fused-ring (bicyclic) bond motifs is 1. The van der Waals surface area contributed by atoms with E-state index in [1.54, 1.807) is 24.9 Å². The Balaban J connectivity index is 1.86. The van der Waals surface area contributed by atoms with Gasteiger partial charge in [0.25, 0.3) is 5.56 Å². The lowest BCUT2D eigenvalue weighted by atomic mass is 9.84. The molecule has 3 aromatic rings. The van der Waals surface area contributed by atoms with Gasteiger partial charge in [0.05, 0.1) is 36.3 Å². The van der Waals surface area contributed by atoms with Gasteiger partial charge in [-0.1, -0.05) is 18.6 Å². The minimum atomic E-state index is -0.405. The zero-order chi connectivity index (χ0) is 22.7. The SMILES string of the molecule is COCCN(C(=O)C1CCC1)C(C)c1nc2ccccc2c(=O)n1-c1ccc(OC)cc1. The molecule has 0 aliphatic heterocycles. The summed E-state index contributed by atoms with van der Waals surface area (Å²) in [5.74, 6) is 1.37. The maximum atomic E-state index is 13.6. The third-order valence-electron chi connectivity index (χ3n) is 6.25. The van der Waals surface area contributed by atoms with Crippen LogP contribution >= 0.6 is 0 Å². The van der Waals surface area contributed by atoms with Gasteiger partial charge in [-0.3, -0.25) is 14.2 Å². The van der Waals surface area contributed by atoms with Crippen molar-refractivity contribution < 1.29 is 14.3 Å². The highest BCUT2D eigenvalue weighted by molar-refractivity contribution is 5.80. The van der Waals surface area contributed by atoms with Crippen molar-refractivity contribution >= 4 is 16.8 Å². The van der Waals surface area contributed by atoms with E-state index in [2.05, 4.69) is 0 Å². The lowest BCUT2D eigenvalue weighted by molar-refractivity contribution is -0.141. The predicted octanol–water partition coefficient (Wildman–Crippen LogP) is 3.73. The Morgan fingerprint density at radius 3 is 2.50 bits per heavy atom. The molecule has 1 fully saturated rings. The van der Waals surface area contributed by atoms with E-state index in [9.17, 15) is 9.59 Å². The second kappa shape index (κ2) is 9.53. The molecule has 4 rings (SSSR count). The van der Waals surface area contributed by atoms with Crippen LogP contribution in [0, 0.1) is 5.92 Å². The first kappa shape index (κ1) is 22.0. The van der Waals surface area contributed by atoms with Crippen molar-refractivity contribution in [3.8, 4) is 11.4 Å². The summed E-state index contributed by atoms with van der Waals surface area (Å²) in [6, 6.07) is 14.2. The highest BCUT2D eigenvalue weighted by Crippen LogP contribution is 2.32. The first-order valence-electron chi connectivity index (χ1n) is 11.0. The van der Waals surface area contributed by atoms with E-state index in [-0.39, 0.29) is 17.4 Å². The van der Waals surface area contributed by atoms with Crippen molar-refractivity contribution in [2.75, 3.05) is 27.4 Å². The van der Waals surface area contributed by atoms with Crippen molar-refractivity contribution in [2.24, 2.45) is 5.92 Å². The average Bonchev–Trinajstić information content (AvgIpc) is 2.78. The van der Waals surface area contributed by atoms with Gasteiger partial charge < -0.3 is 14.4 Å². The first-order valence-corrected chi connectivity index (χ1v) is 11.0. The van der Waals surface area contributed by atoms with E-state index in [1.165, 1.54) is 0 Å². The quantitative estimate of drug-likeness (QED) is 0.539. The number of benzene rings is 2.